The highest BCUT2D eigenvalue weighted by Gasteiger charge is 2.22. The highest BCUT2D eigenvalue weighted by molar-refractivity contribution is 5.87. The zero-order valence-electron chi connectivity index (χ0n) is 14.7. The van der Waals surface area contributed by atoms with Gasteiger partial charge in [-0.25, -0.2) is 9.97 Å². The Balaban J connectivity index is 2.09. The predicted molar refractivity (Wildman–Crippen MR) is 97.0 cm³/mol. The van der Waals surface area contributed by atoms with E-state index in [4.69, 9.17) is 0 Å². The van der Waals surface area contributed by atoms with Crippen LogP contribution in [0.4, 0.5) is 5.82 Å². The molecule has 23 heavy (non-hydrogen) atoms. The number of nitrogens with one attached hydrogen (secondary N) is 1. The van der Waals surface area contributed by atoms with E-state index in [0.717, 1.165) is 35.8 Å². The predicted octanol–water partition coefficient (Wildman–Crippen LogP) is 4.35. The fourth-order valence-corrected chi connectivity index (χ4v) is 3.45. The van der Waals surface area contributed by atoms with Crippen LogP contribution in [-0.2, 0) is 0 Å². The summed E-state index contributed by atoms with van der Waals surface area (Å²) in [6.45, 7) is 12.6. The maximum Gasteiger partial charge on any atom is 0.156 e. The van der Waals surface area contributed by atoms with Gasteiger partial charge in [-0.15, -0.1) is 0 Å². The van der Waals surface area contributed by atoms with Crippen molar-refractivity contribution < 1.29 is 0 Å². The number of hydrogen-bond acceptors (Lipinski definition) is 3. The first-order chi connectivity index (χ1) is 11.0. The quantitative estimate of drug-likeness (QED) is 0.913. The molecule has 2 aromatic rings. The summed E-state index contributed by atoms with van der Waals surface area (Å²) in [5.74, 6) is 2.70. The monoisotopic (exact) mass is 310 g/mol. The van der Waals surface area contributed by atoms with Crippen LogP contribution in [0.2, 0.25) is 0 Å². The molecule has 0 saturated heterocycles. The molecule has 0 aromatic carbocycles. The van der Waals surface area contributed by atoms with Crippen molar-refractivity contribution in [2.75, 3.05) is 18.0 Å². The molecule has 0 aliphatic heterocycles. The number of aromatic nitrogens is 3. The number of rotatable bonds is 4. The number of fused-ring (bicyclic) bond motifs is 1. The molecule has 1 aliphatic rings. The van der Waals surface area contributed by atoms with Gasteiger partial charge < -0.3 is 9.88 Å². The Kier molecular flexibility index (Phi) is 4.24. The van der Waals surface area contributed by atoms with E-state index in [1.165, 1.54) is 11.3 Å². The van der Waals surface area contributed by atoms with Crippen molar-refractivity contribution in [1.29, 1.82) is 0 Å². The normalized spacial score (nSPS) is 20.8. The lowest BCUT2D eigenvalue weighted by Crippen LogP contribution is -2.23. The number of nitrogens with zero attached hydrogens (tertiary/aromatic N) is 3. The van der Waals surface area contributed by atoms with Crippen LogP contribution in [0.15, 0.2) is 29.9 Å². The summed E-state index contributed by atoms with van der Waals surface area (Å²) in [4.78, 5) is 15.2. The van der Waals surface area contributed by atoms with Crippen molar-refractivity contribution in [2.24, 2.45) is 5.92 Å². The second-order valence-electron chi connectivity index (χ2n) is 6.41. The Morgan fingerprint density at radius 2 is 1.91 bits per heavy atom. The molecule has 2 atom stereocenters. The fraction of sp³-hybridized carbons (Fsp3) is 0.474. The summed E-state index contributed by atoms with van der Waals surface area (Å²) in [6, 6.07) is 2.19. The number of anilines is 1. The molecule has 0 amide bonds. The highest BCUT2D eigenvalue weighted by atomic mass is 15.2. The molecule has 1 N–H and O–H groups in total. The van der Waals surface area contributed by atoms with E-state index in [1.807, 2.05) is 6.92 Å². The molecule has 1 aliphatic carbocycles. The van der Waals surface area contributed by atoms with Gasteiger partial charge in [-0.3, -0.25) is 0 Å². The second kappa shape index (κ2) is 6.19. The lowest BCUT2D eigenvalue weighted by molar-refractivity contribution is 0.619. The summed E-state index contributed by atoms with van der Waals surface area (Å²) < 4.78 is 0. The van der Waals surface area contributed by atoms with E-state index in [9.17, 15) is 0 Å². The van der Waals surface area contributed by atoms with Crippen molar-refractivity contribution in [3.63, 3.8) is 0 Å². The summed E-state index contributed by atoms with van der Waals surface area (Å²) in [7, 11) is 0. The second-order valence-corrected chi connectivity index (χ2v) is 6.41. The van der Waals surface area contributed by atoms with Crippen LogP contribution >= 0.6 is 0 Å². The Morgan fingerprint density at radius 1 is 1.17 bits per heavy atom. The first kappa shape index (κ1) is 15.8. The van der Waals surface area contributed by atoms with Gasteiger partial charge in [-0.2, -0.15) is 0 Å². The fourth-order valence-electron chi connectivity index (χ4n) is 3.45. The molecule has 2 unspecified atom stereocenters. The molecule has 2 aromatic heterocycles. The Bertz CT molecular complexity index is 765. The van der Waals surface area contributed by atoms with Gasteiger partial charge in [0.25, 0.3) is 0 Å². The first-order valence-electron chi connectivity index (χ1n) is 8.52. The number of hydrogen-bond donors (Lipinski definition) is 1. The number of allylic oxidation sites excluding steroid dienone is 4. The molecular formula is C19H26N4. The molecular weight excluding hydrogens is 284 g/mol. The highest BCUT2D eigenvalue weighted by Crippen LogP contribution is 2.34. The molecule has 122 valence electrons. The molecule has 3 rings (SSSR count). The van der Waals surface area contributed by atoms with Gasteiger partial charge in [0.1, 0.15) is 11.3 Å². The lowest BCUT2D eigenvalue weighted by atomic mass is 9.85. The topological polar surface area (TPSA) is 44.8 Å². The minimum absolute atomic E-state index is 0.373. The largest absolute Gasteiger partial charge is 0.355 e. The van der Waals surface area contributed by atoms with Crippen molar-refractivity contribution >= 4 is 16.9 Å². The summed E-state index contributed by atoms with van der Waals surface area (Å²) >= 11 is 0. The summed E-state index contributed by atoms with van der Waals surface area (Å²) in [5.41, 5.74) is 4.63. The van der Waals surface area contributed by atoms with Crippen molar-refractivity contribution in [2.45, 2.75) is 40.5 Å². The minimum Gasteiger partial charge on any atom is -0.355 e. The lowest BCUT2D eigenvalue weighted by Gasteiger charge is -2.22. The molecule has 0 saturated carbocycles. The number of aryl methyl sites for hydroxylation is 1. The van der Waals surface area contributed by atoms with E-state index in [-0.39, 0.29) is 0 Å². The third-order valence-corrected chi connectivity index (χ3v) is 4.67. The summed E-state index contributed by atoms with van der Waals surface area (Å²) in [5, 5.41) is 0. The molecule has 2 heterocycles. The third-order valence-electron chi connectivity index (χ3n) is 4.67. The van der Waals surface area contributed by atoms with Gasteiger partial charge in [0, 0.05) is 24.7 Å². The number of aromatic amines is 1. The van der Waals surface area contributed by atoms with E-state index < -0.39 is 0 Å². The van der Waals surface area contributed by atoms with Gasteiger partial charge in [0.05, 0.1) is 5.52 Å². The molecule has 0 radical (unpaired) electrons. The maximum atomic E-state index is 4.69. The van der Waals surface area contributed by atoms with Crippen LogP contribution in [0.1, 0.15) is 45.1 Å². The van der Waals surface area contributed by atoms with E-state index in [1.54, 1.807) is 0 Å². The zero-order valence-corrected chi connectivity index (χ0v) is 14.7. The summed E-state index contributed by atoms with van der Waals surface area (Å²) in [6.07, 6.45) is 6.83. The van der Waals surface area contributed by atoms with Crippen molar-refractivity contribution in [1.82, 2.24) is 15.0 Å². The van der Waals surface area contributed by atoms with Gasteiger partial charge in [0.15, 0.2) is 5.82 Å². The van der Waals surface area contributed by atoms with Crippen molar-refractivity contribution in [3.05, 3.63) is 41.4 Å². The molecule has 0 spiro atoms. The van der Waals surface area contributed by atoms with Crippen LogP contribution in [0.3, 0.4) is 0 Å². The van der Waals surface area contributed by atoms with E-state index in [2.05, 4.69) is 71.8 Å². The standard InChI is InChI=1S/C19H26N4/c1-6-23(7-2)19-18-17(20-14(5)21-19)11-16(22-18)15-9-8-12(3)10-13(15)4/h8-11,13,15,22H,6-7H2,1-5H3. The molecule has 0 fully saturated rings. The van der Waals surface area contributed by atoms with E-state index in [0.29, 0.717) is 11.8 Å². The van der Waals surface area contributed by atoms with Crippen molar-refractivity contribution in [3.8, 4) is 0 Å². The van der Waals surface area contributed by atoms with Crippen LogP contribution in [-0.4, -0.2) is 28.0 Å². The number of H-pyrrole nitrogens is 1. The SMILES string of the molecule is CCN(CC)c1nc(C)nc2cc(C3C=CC(C)=CC3C)[nH]c12. The minimum atomic E-state index is 0.373. The average Bonchev–Trinajstić information content (AvgIpc) is 2.91. The molecule has 0 bridgehead atoms. The van der Waals surface area contributed by atoms with Crippen LogP contribution < -0.4 is 4.90 Å². The van der Waals surface area contributed by atoms with Gasteiger partial charge in [0.2, 0.25) is 0 Å². The Hall–Kier alpha value is -2.10. The average molecular weight is 310 g/mol. The van der Waals surface area contributed by atoms with Gasteiger partial charge >= 0.3 is 0 Å². The molecule has 4 nitrogen and oxygen atoms in total. The van der Waals surface area contributed by atoms with Crippen LogP contribution in [0.5, 0.6) is 0 Å². The van der Waals surface area contributed by atoms with E-state index >= 15 is 0 Å². The first-order valence-corrected chi connectivity index (χ1v) is 8.52. The van der Waals surface area contributed by atoms with Gasteiger partial charge in [-0.1, -0.05) is 30.7 Å². The van der Waals surface area contributed by atoms with Gasteiger partial charge in [-0.05, 0) is 39.7 Å². The maximum absolute atomic E-state index is 4.69. The van der Waals surface area contributed by atoms with Crippen LogP contribution in [0.25, 0.3) is 11.0 Å². The Labute approximate surface area is 138 Å². The smallest absolute Gasteiger partial charge is 0.156 e. The molecule has 4 heteroatoms. The Morgan fingerprint density at radius 3 is 2.57 bits per heavy atom. The third kappa shape index (κ3) is 2.90. The van der Waals surface area contributed by atoms with Crippen LogP contribution in [0, 0.1) is 12.8 Å². The zero-order chi connectivity index (χ0) is 16.6.